The second-order valence-electron chi connectivity index (χ2n) is 3.26. The van der Waals surface area contributed by atoms with E-state index in [1.807, 2.05) is 19.1 Å². The Balaban J connectivity index is 2.44. The molecular formula is C10H10N2O2. The maximum atomic E-state index is 10.7. The predicted molar refractivity (Wildman–Crippen MR) is 53.3 cm³/mol. The number of rotatable bonds is 1. The van der Waals surface area contributed by atoms with Crippen LogP contribution in [0.2, 0.25) is 0 Å². The minimum Gasteiger partial charge on any atom is -0.478 e. The van der Waals surface area contributed by atoms with E-state index in [1.165, 1.54) is 6.20 Å². The van der Waals surface area contributed by atoms with Crippen LogP contribution in [-0.4, -0.2) is 22.1 Å². The summed E-state index contributed by atoms with van der Waals surface area (Å²) in [6.07, 6.45) is 5.21. The van der Waals surface area contributed by atoms with Crippen LogP contribution in [0.1, 0.15) is 22.8 Å². The summed E-state index contributed by atoms with van der Waals surface area (Å²) in [5, 5.41) is 11.9. The molecule has 0 aromatic carbocycles. The molecule has 1 aromatic heterocycles. The maximum absolute atomic E-state index is 10.7. The number of carboxylic acid groups (broad SMARTS) is 1. The zero-order chi connectivity index (χ0) is 10.1. The number of hydrogen-bond acceptors (Lipinski definition) is 3. The van der Waals surface area contributed by atoms with Gasteiger partial charge >= 0.3 is 5.97 Å². The Hall–Kier alpha value is -1.84. The van der Waals surface area contributed by atoms with E-state index in [2.05, 4.69) is 10.3 Å². The summed E-state index contributed by atoms with van der Waals surface area (Å²) >= 11 is 0. The van der Waals surface area contributed by atoms with Gasteiger partial charge in [-0.2, -0.15) is 0 Å². The summed E-state index contributed by atoms with van der Waals surface area (Å²) in [7, 11) is 0. The van der Waals surface area contributed by atoms with Gasteiger partial charge in [0.1, 0.15) is 5.82 Å². The molecule has 1 atom stereocenters. The van der Waals surface area contributed by atoms with Gasteiger partial charge in [0, 0.05) is 17.8 Å². The lowest BCUT2D eigenvalue weighted by Gasteiger charge is -2.17. The normalized spacial score (nSPS) is 18.5. The van der Waals surface area contributed by atoms with E-state index in [0.717, 1.165) is 11.4 Å². The van der Waals surface area contributed by atoms with Crippen LogP contribution in [0, 0.1) is 0 Å². The molecule has 1 unspecified atom stereocenters. The van der Waals surface area contributed by atoms with Gasteiger partial charge in [-0.1, -0.05) is 12.2 Å². The molecule has 1 aliphatic heterocycles. The molecule has 0 bridgehead atoms. The summed E-state index contributed by atoms with van der Waals surface area (Å²) in [4.78, 5) is 14.7. The van der Waals surface area contributed by atoms with E-state index >= 15 is 0 Å². The second kappa shape index (κ2) is 3.14. The van der Waals surface area contributed by atoms with Crippen LogP contribution < -0.4 is 5.32 Å². The number of nitrogens with one attached hydrogen (secondary N) is 1. The summed E-state index contributed by atoms with van der Waals surface area (Å²) in [5.74, 6) is -0.211. The first-order chi connectivity index (χ1) is 6.66. The van der Waals surface area contributed by atoms with Gasteiger partial charge in [-0.3, -0.25) is 0 Å². The van der Waals surface area contributed by atoms with Crippen LogP contribution in [0.4, 0.5) is 5.82 Å². The van der Waals surface area contributed by atoms with Crippen LogP contribution in [-0.2, 0) is 0 Å². The molecule has 0 saturated carbocycles. The summed E-state index contributed by atoms with van der Waals surface area (Å²) < 4.78 is 0. The van der Waals surface area contributed by atoms with E-state index in [4.69, 9.17) is 5.11 Å². The van der Waals surface area contributed by atoms with Crippen molar-refractivity contribution in [1.82, 2.24) is 4.98 Å². The highest BCUT2D eigenvalue weighted by atomic mass is 16.4. The van der Waals surface area contributed by atoms with Crippen LogP contribution in [0.25, 0.3) is 6.08 Å². The molecule has 0 radical (unpaired) electrons. The number of aromatic nitrogens is 1. The van der Waals surface area contributed by atoms with Crippen molar-refractivity contribution < 1.29 is 9.90 Å². The van der Waals surface area contributed by atoms with E-state index < -0.39 is 5.97 Å². The Kier molecular flexibility index (Phi) is 1.96. The second-order valence-corrected chi connectivity index (χ2v) is 3.26. The number of aromatic carboxylic acids is 1. The summed E-state index contributed by atoms with van der Waals surface area (Å²) in [6.45, 7) is 2.01. The Morgan fingerprint density at radius 3 is 3.14 bits per heavy atom. The fraction of sp³-hybridized carbons (Fsp3) is 0.200. The number of pyridine rings is 1. The molecule has 4 nitrogen and oxygen atoms in total. The standard InChI is InChI=1S/C10H10N2O2/c1-6-2-3-7-4-8(10(13)14)5-11-9(7)12-6/h2-6H,1H3,(H,11,12)(H,13,14). The quantitative estimate of drug-likeness (QED) is 0.706. The fourth-order valence-corrected chi connectivity index (χ4v) is 1.36. The van der Waals surface area contributed by atoms with Gasteiger partial charge in [0.05, 0.1) is 5.56 Å². The fourth-order valence-electron chi connectivity index (χ4n) is 1.36. The molecule has 0 amide bonds. The van der Waals surface area contributed by atoms with Crippen molar-refractivity contribution in [2.24, 2.45) is 0 Å². The molecule has 0 fully saturated rings. The van der Waals surface area contributed by atoms with Gasteiger partial charge in [0.2, 0.25) is 0 Å². The highest BCUT2D eigenvalue weighted by Crippen LogP contribution is 2.21. The first kappa shape index (κ1) is 8.74. The van der Waals surface area contributed by atoms with Crippen molar-refractivity contribution in [3.63, 3.8) is 0 Å². The Bertz CT molecular complexity index is 413. The smallest absolute Gasteiger partial charge is 0.337 e. The van der Waals surface area contributed by atoms with Gasteiger partial charge in [0.25, 0.3) is 0 Å². The molecule has 4 heteroatoms. The van der Waals surface area contributed by atoms with Gasteiger partial charge in [-0.15, -0.1) is 0 Å². The largest absolute Gasteiger partial charge is 0.478 e. The number of carbonyl (C=O) groups is 1. The van der Waals surface area contributed by atoms with Gasteiger partial charge in [-0.25, -0.2) is 9.78 Å². The third kappa shape index (κ3) is 1.46. The molecule has 14 heavy (non-hydrogen) atoms. The molecule has 2 rings (SSSR count). The highest BCUT2D eigenvalue weighted by molar-refractivity contribution is 5.89. The van der Waals surface area contributed by atoms with Crippen LogP contribution in [0.5, 0.6) is 0 Å². The van der Waals surface area contributed by atoms with Crippen LogP contribution >= 0.6 is 0 Å². The third-order valence-electron chi connectivity index (χ3n) is 2.09. The lowest BCUT2D eigenvalue weighted by Crippen LogP contribution is -2.17. The molecule has 1 aromatic rings. The topological polar surface area (TPSA) is 62.2 Å². The number of hydrogen-bond donors (Lipinski definition) is 2. The lowest BCUT2D eigenvalue weighted by molar-refractivity contribution is 0.0696. The minimum absolute atomic E-state index is 0.213. The molecule has 2 heterocycles. The molecule has 0 spiro atoms. The van der Waals surface area contributed by atoms with Crippen molar-refractivity contribution in [3.05, 3.63) is 29.5 Å². The summed E-state index contributed by atoms with van der Waals surface area (Å²) in [6, 6.07) is 1.85. The Morgan fingerprint density at radius 2 is 2.43 bits per heavy atom. The molecule has 0 aliphatic carbocycles. The van der Waals surface area contributed by atoms with Crippen molar-refractivity contribution in [2.75, 3.05) is 5.32 Å². The predicted octanol–water partition coefficient (Wildman–Crippen LogP) is 1.61. The van der Waals surface area contributed by atoms with Gasteiger partial charge in [0.15, 0.2) is 0 Å². The number of nitrogens with zero attached hydrogens (tertiary/aromatic N) is 1. The first-order valence-electron chi connectivity index (χ1n) is 4.35. The molecule has 1 aliphatic rings. The Labute approximate surface area is 81.3 Å². The van der Waals surface area contributed by atoms with Crippen molar-refractivity contribution in [3.8, 4) is 0 Å². The maximum Gasteiger partial charge on any atom is 0.337 e. The third-order valence-corrected chi connectivity index (χ3v) is 2.09. The number of fused-ring (bicyclic) bond motifs is 1. The summed E-state index contributed by atoms with van der Waals surface area (Å²) in [5.41, 5.74) is 1.03. The van der Waals surface area contributed by atoms with Crippen LogP contribution in [0.15, 0.2) is 18.3 Å². The number of carboxylic acids is 1. The van der Waals surface area contributed by atoms with Crippen molar-refractivity contribution in [1.29, 1.82) is 0 Å². The van der Waals surface area contributed by atoms with E-state index in [9.17, 15) is 4.79 Å². The van der Waals surface area contributed by atoms with E-state index in [-0.39, 0.29) is 11.6 Å². The van der Waals surface area contributed by atoms with Gasteiger partial charge in [-0.05, 0) is 13.0 Å². The average Bonchev–Trinajstić information content (AvgIpc) is 2.16. The van der Waals surface area contributed by atoms with Crippen molar-refractivity contribution in [2.45, 2.75) is 13.0 Å². The molecular weight excluding hydrogens is 180 g/mol. The van der Waals surface area contributed by atoms with E-state index in [0.29, 0.717) is 0 Å². The number of anilines is 1. The molecule has 0 saturated heterocycles. The van der Waals surface area contributed by atoms with Gasteiger partial charge < -0.3 is 10.4 Å². The first-order valence-corrected chi connectivity index (χ1v) is 4.35. The minimum atomic E-state index is -0.952. The van der Waals surface area contributed by atoms with Crippen molar-refractivity contribution >= 4 is 17.9 Å². The van der Waals surface area contributed by atoms with E-state index in [1.54, 1.807) is 6.07 Å². The highest BCUT2D eigenvalue weighted by Gasteiger charge is 2.12. The van der Waals surface area contributed by atoms with Crippen LogP contribution in [0.3, 0.4) is 0 Å². The monoisotopic (exact) mass is 190 g/mol. The molecule has 2 N–H and O–H groups in total. The molecule has 72 valence electrons. The zero-order valence-corrected chi connectivity index (χ0v) is 7.69. The SMILES string of the molecule is CC1C=Cc2cc(C(=O)O)cnc2N1. The lowest BCUT2D eigenvalue weighted by atomic mass is 10.1. The average molecular weight is 190 g/mol. The Morgan fingerprint density at radius 1 is 1.64 bits per heavy atom. The zero-order valence-electron chi connectivity index (χ0n) is 7.69.